The molecule has 1 aliphatic rings. The van der Waals surface area contributed by atoms with Crippen molar-refractivity contribution in [3.63, 3.8) is 0 Å². The van der Waals surface area contributed by atoms with Crippen LogP contribution in [-0.4, -0.2) is 16.6 Å². The van der Waals surface area contributed by atoms with Crippen molar-refractivity contribution < 1.29 is 4.74 Å². The number of ether oxygens (including phenoxy) is 1. The molecule has 0 bridgehead atoms. The Morgan fingerprint density at radius 2 is 2.10 bits per heavy atom. The van der Waals surface area contributed by atoms with Crippen molar-refractivity contribution in [1.29, 1.82) is 0 Å². The number of nitrogens with zero attached hydrogens (tertiary/aromatic N) is 2. The smallest absolute Gasteiger partial charge is 0.161 e. The van der Waals surface area contributed by atoms with E-state index in [9.17, 15) is 0 Å². The van der Waals surface area contributed by atoms with Crippen LogP contribution < -0.4 is 5.32 Å². The molecule has 1 saturated heterocycles. The van der Waals surface area contributed by atoms with Gasteiger partial charge >= 0.3 is 0 Å². The van der Waals surface area contributed by atoms with Crippen molar-refractivity contribution in [2.24, 2.45) is 0 Å². The van der Waals surface area contributed by atoms with E-state index in [1.807, 2.05) is 0 Å². The van der Waals surface area contributed by atoms with E-state index < -0.39 is 0 Å². The number of aromatic nitrogens is 2. The van der Waals surface area contributed by atoms with Crippen molar-refractivity contribution in [3.05, 3.63) is 52.4 Å². The zero-order valence-corrected chi connectivity index (χ0v) is 12.7. The predicted octanol–water partition coefficient (Wildman–Crippen LogP) is 3.90. The van der Waals surface area contributed by atoms with Gasteiger partial charge in [-0.15, -0.1) is 0 Å². The zero-order valence-electron chi connectivity index (χ0n) is 12.0. The molecular weight excluding hydrogens is 286 g/mol. The predicted molar refractivity (Wildman–Crippen MR) is 83.5 cm³/mol. The summed E-state index contributed by atoms with van der Waals surface area (Å²) in [6.07, 6.45) is 1.98. The monoisotopic (exact) mass is 303 g/mol. The number of hydrogen-bond acceptors (Lipinski definition) is 4. The first-order valence-electron chi connectivity index (χ1n) is 7.16. The van der Waals surface area contributed by atoms with Crippen molar-refractivity contribution in [1.82, 2.24) is 9.97 Å². The fraction of sp³-hybridized carbons (Fsp3) is 0.375. The molecule has 1 aliphatic heterocycles. The summed E-state index contributed by atoms with van der Waals surface area (Å²) in [7, 11) is 0. The van der Waals surface area contributed by atoms with Crippen molar-refractivity contribution in [2.75, 3.05) is 11.9 Å². The van der Waals surface area contributed by atoms with Gasteiger partial charge in [0.05, 0.1) is 0 Å². The van der Waals surface area contributed by atoms with Crippen LogP contribution in [0.3, 0.4) is 0 Å². The molecule has 1 fully saturated rings. The maximum absolute atomic E-state index is 6.08. The molecule has 21 heavy (non-hydrogen) atoms. The van der Waals surface area contributed by atoms with E-state index in [1.165, 1.54) is 11.1 Å². The first-order chi connectivity index (χ1) is 10.2. The molecule has 4 nitrogen and oxygen atoms in total. The first-order valence-corrected chi connectivity index (χ1v) is 7.54. The van der Waals surface area contributed by atoms with Crippen molar-refractivity contribution in [3.8, 4) is 0 Å². The minimum Gasteiger partial charge on any atom is -0.370 e. The van der Waals surface area contributed by atoms with Gasteiger partial charge in [-0.05, 0) is 25.3 Å². The van der Waals surface area contributed by atoms with Gasteiger partial charge in [-0.25, -0.2) is 9.97 Å². The molecule has 110 valence electrons. The van der Waals surface area contributed by atoms with E-state index in [-0.39, 0.29) is 6.10 Å². The van der Waals surface area contributed by atoms with E-state index in [0.717, 1.165) is 25.3 Å². The molecule has 0 aliphatic carbocycles. The molecule has 1 unspecified atom stereocenters. The Balaban J connectivity index is 1.71. The Morgan fingerprint density at radius 3 is 2.81 bits per heavy atom. The van der Waals surface area contributed by atoms with Gasteiger partial charge in [-0.3, -0.25) is 0 Å². The third kappa shape index (κ3) is 3.71. The summed E-state index contributed by atoms with van der Waals surface area (Å²) in [5, 5.41) is 3.74. The number of anilines is 1. The number of aryl methyl sites for hydroxylation is 1. The summed E-state index contributed by atoms with van der Waals surface area (Å²) in [5.41, 5.74) is 2.46. The lowest BCUT2D eigenvalue weighted by Crippen LogP contribution is -2.07. The zero-order chi connectivity index (χ0) is 14.7. The molecule has 1 aromatic carbocycles. The topological polar surface area (TPSA) is 47.0 Å². The summed E-state index contributed by atoms with van der Waals surface area (Å²) in [6.45, 7) is 3.56. The van der Waals surface area contributed by atoms with E-state index in [0.29, 0.717) is 17.5 Å². The van der Waals surface area contributed by atoms with Crippen LogP contribution >= 0.6 is 11.6 Å². The molecule has 1 aromatic heterocycles. The number of hydrogen-bond donors (Lipinski definition) is 1. The van der Waals surface area contributed by atoms with Gasteiger partial charge in [0.25, 0.3) is 0 Å². The molecule has 2 heterocycles. The quantitative estimate of drug-likeness (QED) is 0.870. The van der Waals surface area contributed by atoms with Gasteiger partial charge in [-0.1, -0.05) is 41.4 Å². The van der Waals surface area contributed by atoms with Crippen LogP contribution in [0.25, 0.3) is 0 Å². The van der Waals surface area contributed by atoms with Gasteiger partial charge in [0.2, 0.25) is 0 Å². The molecule has 5 heteroatoms. The fourth-order valence-corrected chi connectivity index (χ4v) is 2.54. The van der Waals surface area contributed by atoms with Gasteiger partial charge in [0, 0.05) is 19.2 Å². The molecule has 2 aromatic rings. The van der Waals surface area contributed by atoms with Crippen LogP contribution in [0.4, 0.5) is 5.82 Å². The number of nitrogens with one attached hydrogen (secondary N) is 1. The summed E-state index contributed by atoms with van der Waals surface area (Å²) >= 11 is 6.08. The Hall–Kier alpha value is -1.65. The molecular formula is C16H18ClN3O. The third-order valence-corrected chi connectivity index (χ3v) is 3.72. The van der Waals surface area contributed by atoms with E-state index >= 15 is 0 Å². The molecule has 0 saturated carbocycles. The normalized spacial score (nSPS) is 17.9. The lowest BCUT2D eigenvalue weighted by Gasteiger charge is -2.11. The molecule has 1 atom stereocenters. The minimum absolute atomic E-state index is 0.0244. The van der Waals surface area contributed by atoms with E-state index in [1.54, 1.807) is 6.07 Å². The van der Waals surface area contributed by atoms with Crippen LogP contribution in [0, 0.1) is 6.92 Å². The van der Waals surface area contributed by atoms with Crippen LogP contribution in [0.5, 0.6) is 0 Å². The molecule has 0 radical (unpaired) electrons. The second-order valence-electron chi connectivity index (χ2n) is 5.27. The van der Waals surface area contributed by atoms with Gasteiger partial charge in [-0.2, -0.15) is 0 Å². The van der Waals surface area contributed by atoms with E-state index in [4.69, 9.17) is 16.3 Å². The number of benzene rings is 1. The highest BCUT2D eigenvalue weighted by Gasteiger charge is 2.21. The van der Waals surface area contributed by atoms with Crippen molar-refractivity contribution in [2.45, 2.75) is 32.4 Å². The summed E-state index contributed by atoms with van der Waals surface area (Å²) in [4.78, 5) is 8.79. The lowest BCUT2D eigenvalue weighted by atomic mass is 10.1. The molecule has 1 N–H and O–H groups in total. The maximum Gasteiger partial charge on any atom is 0.161 e. The Labute approximate surface area is 129 Å². The SMILES string of the molecule is Cc1ccc(CNc2cc(Cl)nc(C3CCCO3)n2)cc1. The second-order valence-corrected chi connectivity index (χ2v) is 5.66. The van der Waals surface area contributed by atoms with Gasteiger partial charge in [0.1, 0.15) is 17.1 Å². The van der Waals surface area contributed by atoms with Crippen LogP contribution in [0.2, 0.25) is 5.15 Å². The molecule has 0 spiro atoms. The largest absolute Gasteiger partial charge is 0.370 e. The highest BCUT2D eigenvalue weighted by Crippen LogP contribution is 2.27. The highest BCUT2D eigenvalue weighted by atomic mass is 35.5. The number of halogens is 1. The Bertz CT molecular complexity index is 609. The molecule has 0 amide bonds. The summed E-state index contributed by atoms with van der Waals surface area (Å²) in [5.74, 6) is 1.41. The second kappa shape index (κ2) is 6.41. The van der Waals surface area contributed by atoms with E-state index in [2.05, 4.69) is 46.5 Å². The van der Waals surface area contributed by atoms with Gasteiger partial charge < -0.3 is 10.1 Å². The minimum atomic E-state index is -0.0244. The standard InChI is InChI=1S/C16H18ClN3O/c1-11-4-6-12(7-5-11)10-18-15-9-14(17)19-16(20-15)13-3-2-8-21-13/h4-7,9,13H,2-3,8,10H2,1H3,(H,18,19,20). The lowest BCUT2D eigenvalue weighted by molar-refractivity contribution is 0.105. The fourth-order valence-electron chi connectivity index (χ4n) is 2.35. The first kappa shape index (κ1) is 14.3. The Morgan fingerprint density at radius 1 is 1.29 bits per heavy atom. The van der Waals surface area contributed by atoms with Gasteiger partial charge in [0.15, 0.2) is 5.82 Å². The van der Waals surface area contributed by atoms with Crippen LogP contribution in [-0.2, 0) is 11.3 Å². The molecule has 3 rings (SSSR count). The summed E-state index contributed by atoms with van der Waals surface area (Å²) in [6, 6.07) is 10.1. The van der Waals surface area contributed by atoms with Crippen molar-refractivity contribution >= 4 is 17.4 Å². The maximum atomic E-state index is 6.08. The third-order valence-electron chi connectivity index (χ3n) is 3.52. The van der Waals surface area contributed by atoms with Crippen LogP contribution in [0.1, 0.15) is 35.9 Å². The average Bonchev–Trinajstić information content (AvgIpc) is 3.00. The van der Waals surface area contributed by atoms with Crippen LogP contribution in [0.15, 0.2) is 30.3 Å². The Kier molecular flexibility index (Phi) is 4.36. The summed E-state index contributed by atoms with van der Waals surface area (Å²) < 4.78 is 5.61. The number of rotatable bonds is 4. The highest BCUT2D eigenvalue weighted by molar-refractivity contribution is 6.29. The average molecular weight is 304 g/mol.